The summed E-state index contributed by atoms with van der Waals surface area (Å²) >= 11 is 0. The van der Waals surface area contributed by atoms with Crippen molar-refractivity contribution in [3.05, 3.63) is 34.9 Å². The minimum absolute atomic E-state index is 0.326. The van der Waals surface area contributed by atoms with Crippen molar-refractivity contribution in [2.45, 2.75) is 46.0 Å². The van der Waals surface area contributed by atoms with Crippen LogP contribution in [0.1, 0.15) is 56.2 Å². The topological polar surface area (TPSA) is 26.0 Å². The summed E-state index contributed by atoms with van der Waals surface area (Å²) < 4.78 is 0. The SMILES string of the molecule is CC(C)c1ccc2c(c1)C(CN)C(C)(C)C2. The number of fused-ring (bicyclic) bond motifs is 1. The summed E-state index contributed by atoms with van der Waals surface area (Å²) in [5, 5.41) is 0. The van der Waals surface area contributed by atoms with E-state index >= 15 is 0 Å². The molecule has 0 bridgehead atoms. The Bertz CT molecular complexity index is 390. The molecule has 1 aromatic rings. The summed E-state index contributed by atoms with van der Waals surface area (Å²) in [4.78, 5) is 0. The number of hydrogen-bond acceptors (Lipinski definition) is 1. The molecule has 0 aromatic heterocycles. The maximum atomic E-state index is 5.95. The predicted octanol–water partition coefficient (Wildman–Crippen LogP) is 3.43. The van der Waals surface area contributed by atoms with Crippen LogP contribution in [-0.2, 0) is 6.42 Å². The normalized spacial score (nSPS) is 22.5. The van der Waals surface area contributed by atoms with Crippen molar-refractivity contribution in [2.75, 3.05) is 6.54 Å². The molecule has 0 saturated heterocycles. The molecule has 1 heteroatoms. The Kier molecular flexibility index (Phi) is 2.83. The number of nitrogens with two attached hydrogens (primary N) is 1. The molecule has 1 unspecified atom stereocenters. The summed E-state index contributed by atoms with van der Waals surface area (Å²) in [5.74, 6) is 1.13. The van der Waals surface area contributed by atoms with Crippen LogP contribution in [0.25, 0.3) is 0 Å². The second-order valence-corrected chi connectivity index (χ2v) is 6.07. The third-order valence-corrected chi connectivity index (χ3v) is 4.04. The third kappa shape index (κ3) is 1.78. The van der Waals surface area contributed by atoms with Gasteiger partial charge in [-0.3, -0.25) is 0 Å². The van der Waals surface area contributed by atoms with Crippen molar-refractivity contribution in [1.29, 1.82) is 0 Å². The zero-order valence-corrected chi connectivity index (χ0v) is 10.9. The molecule has 0 saturated carbocycles. The minimum Gasteiger partial charge on any atom is -0.330 e. The summed E-state index contributed by atoms with van der Waals surface area (Å²) in [7, 11) is 0. The standard InChI is InChI=1S/C15H23N/c1-10(2)11-5-6-12-8-15(3,4)14(9-16)13(12)7-11/h5-7,10,14H,8-9,16H2,1-4H3. The summed E-state index contributed by atoms with van der Waals surface area (Å²) in [6.45, 7) is 9.93. The van der Waals surface area contributed by atoms with Gasteiger partial charge in [-0.05, 0) is 41.0 Å². The second-order valence-electron chi connectivity index (χ2n) is 6.07. The van der Waals surface area contributed by atoms with Crippen LogP contribution >= 0.6 is 0 Å². The molecular weight excluding hydrogens is 194 g/mol. The van der Waals surface area contributed by atoms with Crippen molar-refractivity contribution in [3.8, 4) is 0 Å². The fourth-order valence-corrected chi connectivity index (χ4v) is 2.94. The van der Waals surface area contributed by atoms with E-state index < -0.39 is 0 Å². The highest BCUT2D eigenvalue weighted by Crippen LogP contribution is 2.46. The van der Waals surface area contributed by atoms with E-state index in [1.165, 1.54) is 23.1 Å². The fraction of sp³-hybridized carbons (Fsp3) is 0.600. The Balaban J connectivity index is 2.45. The first-order valence-corrected chi connectivity index (χ1v) is 6.28. The van der Waals surface area contributed by atoms with Crippen molar-refractivity contribution in [1.82, 2.24) is 0 Å². The Morgan fingerprint density at radius 3 is 2.62 bits per heavy atom. The molecule has 88 valence electrons. The number of benzene rings is 1. The van der Waals surface area contributed by atoms with E-state index in [1.54, 1.807) is 0 Å². The van der Waals surface area contributed by atoms with Crippen LogP contribution in [-0.4, -0.2) is 6.54 Å². The summed E-state index contributed by atoms with van der Waals surface area (Å²) in [6.07, 6.45) is 1.17. The van der Waals surface area contributed by atoms with Gasteiger partial charge < -0.3 is 5.73 Å². The van der Waals surface area contributed by atoms with Crippen LogP contribution < -0.4 is 5.73 Å². The van der Waals surface area contributed by atoms with Crippen LogP contribution in [0.15, 0.2) is 18.2 Å². The third-order valence-electron chi connectivity index (χ3n) is 4.04. The maximum absolute atomic E-state index is 5.95. The molecule has 1 aliphatic carbocycles. The molecule has 2 rings (SSSR count). The average molecular weight is 217 g/mol. The molecule has 16 heavy (non-hydrogen) atoms. The summed E-state index contributed by atoms with van der Waals surface area (Å²) in [5.41, 5.74) is 10.7. The zero-order valence-electron chi connectivity index (χ0n) is 10.9. The number of rotatable bonds is 2. The molecule has 1 aliphatic rings. The molecular formula is C15H23N. The van der Waals surface area contributed by atoms with Crippen molar-refractivity contribution < 1.29 is 0 Å². The quantitative estimate of drug-likeness (QED) is 0.807. The van der Waals surface area contributed by atoms with Crippen molar-refractivity contribution in [3.63, 3.8) is 0 Å². The van der Waals surface area contributed by atoms with Crippen LogP contribution in [0.3, 0.4) is 0 Å². The molecule has 0 aliphatic heterocycles. The highest BCUT2D eigenvalue weighted by Gasteiger charge is 2.37. The van der Waals surface area contributed by atoms with Gasteiger partial charge in [0.2, 0.25) is 0 Å². The van der Waals surface area contributed by atoms with Gasteiger partial charge in [0.05, 0.1) is 0 Å². The molecule has 0 radical (unpaired) electrons. The fourth-order valence-electron chi connectivity index (χ4n) is 2.94. The molecule has 1 nitrogen and oxygen atoms in total. The van der Waals surface area contributed by atoms with Gasteiger partial charge in [0.15, 0.2) is 0 Å². The van der Waals surface area contributed by atoms with E-state index in [1.807, 2.05) is 0 Å². The lowest BCUT2D eigenvalue weighted by Crippen LogP contribution is -2.24. The van der Waals surface area contributed by atoms with E-state index in [0.717, 1.165) is 6.54 Å². The van der Waals surface area contributed by atoms with Gasteiger partial charge in [0.1, 0.15) is 0 Å². The Hall–Kier alpha value is -0.820. The van der Waals surface area contributed by atoms with Crippen molar-refractivity contribution in [2.24, 2.45) is 11.1 Å². The molecule has 0 heterocycles. The van der Waals surface area contributed by atoms with Gasteiger partial charge >= 0.3 is 0 Å². The van der Waals surface area contributed by atoms with E-state index in [0.29, 0.717) is 17.3 Å². The Morgan fingerprint density at radius 2 is 2.06 bits per heavy atom. The molecule has 0 amide bonds. The van der Waals surface area contributed by atoms with Crippen LogP contribution in [0.2, 0.25) is 0 Å². The monoisotopic (exact) mass is 217 g/mol. The van der Waals surface area contributed by atoms with Gasteiger partial charge in [0, 0.05) is 5.92 Å². The van der Waals surface area contributed by atoms with Crippen molar-refractivity contribution >= 4 is 0 Å². The second kappa shape index (κ2) is 3.89. The first-order chi connectivity index (χ1) is 7.45. The molecule has 0 fully saturated rings. The van der Waals surface area contributed by atoms with Gasteiger partial charge in [0.25, 0.3) is 0 Å². The number of hydrogen-bond donors (Lipinski definition) is 1. The van der Waals surface area contributed by atoms with E-state index in [2.05, 4.69) is 45.9 Å². The van der Waals surface area contributed by atoms with E-state index in [-0.39, 0.29) is 0 Å². The van der Waals surface area contributed by atoms with Gasteiger partial charge in [-0.25, -0.2) is 0 Å². The highest BCUT2D eigenvalue weighted by atomic mass is 14.6. The van der Waals surface area contributed by atoms with Gasteiger partial charge in [-0.2, -0.15) is 0 Å². The van der Waals surface area contributed by atoms with Gasteiger partial charge in [-0.1, -0.05) is 45.9 Å². The average Bonchev–Trinajstić information content (AvgIpc) is 2.45. The van der Waals surface area contributed by atoms with Gasteiger partial charge in [-0.15, -0.1) is 0 Å². The smallest absolute Gasteiger partial charge is 0.00184 e. The lowest BCUT2D eigenvalue weighted by Gasteiger charge is -2.26. The lowest BCUT2D eigenvalue weighted by atomic mass is 9.79. The lowest BCUT2D eigenvalue weighted by molar-refractivity contribution is 0.318. The Labute approximate surface area is 99.0 Å². The maximum Gasteiger partial charge on any atom is 0.00184 e. The zero-order chi connectivity index (χ0) is 11.9. The summed E-state index contributed by atoms with van der Waals surface area (Å²) in [6, 6.07) is 6.97. The van der Waals surface area contributed by atoms with Crippen LogP contribution in [0.5, 0.6) is 0 Å². The van der Waals surface area contributed by atoms with Crippen LogP contribution in [0.4, 0.5) is 0 Å². The Morgan fingerprint density at radius 1 is 1.38 bits per heavy atom. The van der Waals surface area contributed by atoms with E-state index in [9.17, 15) is 0 Å². The first kappa shape index (κ1) is 11.7. The molecule has 0 spiro atoms. The minimum atomic E-state index is 0.326. The van der Waals surface area contributed by atoms with E-state index in [4.69, 9.17) is 5.73 Å². The molecule has 1 atom stereocenters. The predicted molar refractivity (Wildman–Crippen MR) is 69.8 cm³/mol. The highest BCUT2D eigenvalue weighted by molar-refractivity contribution is 5.42. The largest absolute Gasteiger partial charge is 0.330 e. The molecule has 1 aromatic carbocycles. The van der Waals surface area contributed by atoms with Crippen LogP contribution in [0, 0.1) is 5.41 Å². The first-order valence-electron chi connectivity index (χ1n) is 6.28. The molecule has 2 N–H and O–H groups in total.